The molecule has 166 valence electrons. The van der Waals surface area contributed by atoms with E-state index in [2.05, 4.69) is 10.6 Å². The number of hydrogen-bond donors (Lipinski definition) is 2. The number of amides is 3. The van der Waals surface area contributed by atoms with Gasteiger partial charge < -0.3 is 10.6 Å². The van der Waals surface area contributed by atoms with E-state index < -0.39 is 0 Å². The summed E-state index contributed by atoms with van der Waals surface area (Å²) < 4.78 is 13.4. The van der Waals surface area contributed by atoms with Gasteiger partial charge in [-0.2, -0.15) is 0 Å². The molecule has 0 spiro atoms. The Morgan fingerprint density at radius 2 is 1.66 bits per heavy atom. The second kappa shape index (κ2) is 11.0. The Hall–Kier alpha value is -3.09. The third-order valence-electron chi connectivity index (χ3n) is 4.71. The Balaban J connectivity index is 1.63. The molecule has 0 aliphatic carbocycles. The third kappa shape index (κ3) is 6.45. The van der Waals surface area contributed by atoms with Gasteiger partial charge in [0.15, 0.2) is 0 Å². The average molecular weight is 474 g/mol. The molecule has 0 radical (unpaired) electrons. The minimum Gasteiger partial charge on any atom is -0.352 e. The van der Waals surface area contributed by atoms with Crippen molar-refractivity contribution in [2.75, 3.05) is 23.3 Å². The molecule has 3 rings (SSSR count). The highest BCUT2D eigenvalue weighted by Crippen LogP contribution is 2.21. The maximum absolute atomic E-state index is 13.4. The summed E-state index contributed by atoms with van der Waals surface area (Å²) in [6.07, 6.45) is 0.468. The molecule has 0 aliphatic heterocycles. The van der Waals surface area contributed by atoms with E-state index in [1.807, 2.05) is 31.2 Å². The van der Waals surface area contributed by atoms with Crippen molar-refractivity contribution < 1.29 is 14.0 Å². The number of rotatable bonds is 7. The second-order valence-electron chi connectivity index (χ2n) is 7.16. The van der Waals surface area contributed by atoms with E-state index in [0.29, 0.717) is 41.5 Å². The Kier molecular flexibility index (Phi) is 8.09. The normalized spacial score (nSPS) is 10.5. The lowest BCUT2D eigenvalue weighted by atomic mass is 10.2. The molecular formula is C24H22Cl2FN3O2. The fourth-order valence-corrected chi connectivity index (χ4v) is 3.50. The van der Waals surface area contributed by atoms with Gasteiger partial charge in [0.1, 0.15) is 5.82 Å². The molecule has 3 amide bonds. The van der Waals surface area contributed by atoms with E-state index in [0.717, 1.165) is 5.56 Å². The van der Waals surface area contributed by atoms with E-state index in [9.17, 15) is 14.0 Å². The number of carbonyl (C=O) groups is 2. The number of hydrogen-bond acceptors (Lipinski definition) is 2. The molecule has 0 aliphatic rings. The summed E-state index contributed by atoms with van der Waals surface area (Å²) in [6, 6.07) is 17.4. The Labute approximate surface area is 196 Å². The molecule has 0 unspecified atom stereocenters. The molecule has 5 nitrogen and oxygen atoms in total. The number of nitrogens with one attached hydrogen (secondary N) is 2. The summed E-state index contributed by atoms with van der Waals surface area (Å²) in [4.78, 5) is 26.8. The lowest BCUT2D eigenvalue weighted by Crippen LogP contribution is -2.37. The first-order chi connectivity index (χ1) is 15.3. The van der Waals surface area contributed by atoms with Gasteiger partial charge in [0.25, 0.3) is 5.91 Å². The van der Waals surface area contributed by atoms with Gasteiger partial charge in [-0.05, 0) is 67.9 Å². The molecule has 3 aromatic carbocycles. The standard InChI is InChI=1S/C24H22Cl2FN3O2/c1-16-3-8-19(9-4-16)29-24(32)30(20-10-6-18(27)7-11-20)14-2-13-28-23(31)21-12-5-17(25)15-22(21)26/h3-12,15H,2,13-14H2,1H3,(H,28,31)(H,29,32). The van der Waals surface area contributed by atoms with Crippen molar-refractivity contribution >= 4 is 46.5 Å². The van der Waals surface area contributed by atoms with Crippen molar-refractivity contribution in [3.05, 3.63) is 93.7 Å². The van der Waals surface area contributed by atoms with Crippen LogP contribution >= 0.6 is 23.2 Å². The van der Waals surface area contributed by atoms with E-state index in [1.54, 1.807) is 12.1 Å². The SMILES string of the molecule is Cc1ccc(NC(=O)N(CCCNC(=O)c2ccc(Cl)cc2Cl)c2ccc(F)cc2)cc1. The van der Waals surface area contributed by atoms with Crippen LogP contribution in [0.4, 0.5) is 20.6 Å². The van der Waals surface area contributed by atoms with Crippen molar-refractivity contribution in [2.45, 2.75) is 13.3 Å². The van der Waals surface area contributed by atoms with Crippen molar-refractivity contribution in [3.8, 4) is 0 Å². The van der Waals surface area contributed by atoms with Crippen LogP contribution in [0.1, 0.15) is 22.3 Å². The first-order valence-electron chi connectivity index (χ1n) is 9.97. The molecule has 0 saturated carbocycles. The lowest BCUT2D eigenvalue weighted by molar-refractivity contribution is 0.0953. The monoisotopic (exact) mass is 473 g/mol. The van der Waals surface area contributed by atoms with Crippen LogP contribution in [0.15, 0.2) is 66.7 Å². The van der Waals surface area contributed by atoms with E-state index in [-0.39, 0.29) is 22.8 Å². The van der Waals surface area contributed by atoms with E-state index in [4.69, 9.17) is 23.2 Å². The summed E-state index contributed by atoms with van der Waals surface area (Å²) in [5.74, 6) is -0.719. The van der Waals surface area contributed by atoms with Gasteiger partial charge in [-0.25, -0.2) is 9.18 Å². The van der Waals surface area contributed by atoms with Gasteiger partial charge in [0.05, 0.1) is 10.6 Å². The maximum Gasteiger partial charge on any atom is 0.326 e. The number of carbonyl (C=O) groups excluding carboxylic acids is 2. The van der Waals surface area contributed by atoms with Crippen LogP contribution in [-0.2, 0) is 0 Å². The molecule has 0 bridgehead atoms. The van der Waals surface area contributed by atoms with Crippen LogP contribution in [0.2, 0.25) is 10.0 Å². The molecule has 0 atom stereocenters. The number of nitrogens with zero attached hydrogens (tertiary/aromatic N) is 1. The van der Waals surface area contributed by atoms with Gasteiger partial charge in [0, 0.05) is 29.5 Å². The summed E-state index contributed by atoms with van der Waals surface area (Å²) in [5, 5.41) is 6.34. The van der Waals surface area contributed by atoms with Crippen molar-refractivity contribution in [3.63, 3.8) is 0 Å². The number of aryl methyl sites for hydroxylation is 1. The quantitative estimate of drug-likeness (QED) is 0.395. The first kappa shape index (κ1) is 23.6. The predicted octanol–water partition coefficient (Wildman–Crippen LogP) is 6.30. The molecule has 2 N–H and O–H groups in total. The van der Waals surface area contributed by atoms with Crippen LogP contribution < -0.4 is 15.5 Å². The van der Waals surface area contributed by atoms with Gasteiger partial charge in [-0.1, -0.05) is 40.9 Å². The molecule has 32 heavy (non-hydrogen) atoms. The minimum absolute atomic E-state index is 0.264. The van der Waals surface area contributed by atoms with E-state index in [1.165, 1.54) is 35.2 Å². The first-order valence-corrected chi connectivity index (χ1v) is 10.7. The van der Waals surface area contributed by atoms with Crippen molar-refractivity contribution in [2.24, 2.45) is 0 Å². The van der Waals surface area contributed by atoms with Gasteiger partial charge in [-0.3, -0.25) is 9.69 Å². The average Bonchev–Trinajstić information content (AvgIpc) is 2.76. The summed E-state index contributed by atoms with van der Waals surface area (Å²) in [5.41, 5.74) is 2.60. The molecule has 8 heteroatoms. The fraction of sp³-hybridized carbons (Fsp3) is 0.167. The topological polar surface area (TPSA) is 61.4 Å². The zero-order chi connectivity index (χ0) is 23.1. The largest absolute Gasteiger partial charge is 0.352 e. The van der Waals surface area contributed by atoms with Crippen LogP contribution in [0.5, 0.6) is 0 Å². The van der Waals surface area contributed by atoms with Crippen LogP contribution in [0.3, 0.4) is 0 Å². The van der Waals surface area contributed by atoms with Crippen LogP contribution in [0, 0.1) is 12.7 Å². The summed E-state index contributed by atoms with van der Waals surface area (Å²) in [7, 11) is 0. The highest BCUT2D eigenvalue weighted by molar-refractivity contribution is 6.36. The summed E-state index contributed by atoms with van der Waals surface area (Å²) in [6.45, 7) is 2.58. The summed E-state index contributed by atoms with van der Waals surface area (Å²) >= 11 is 11.9. The molecule has 0 heterocycles. The zero-order valence-corrected chi connectivity index (χ0v) is 18.9. The van der Waals surface area contributed by atoms with Gasteiger partial charge >= 0.3 is 6.03 Å². The zero-order valence-electron chi connectivity index (χ0n) is 17.4. The Morgan fingerprint density at radius 1 is 0.969 bits per heavy atom. The van der Waals surface area contributed by atoms with Crippen molar-refractivity contribution in [1.29, 1.82) is 0 Å². The van der Waals surface area contributed by atoms with E-state index >= 15 is 0 Å². The predicted molar refractivity (Wildman–Crippen MR) is 127 cm³/mol. The smallest absolute Gasteiger partial charge is 0.326 e. The molecule has 0 fully saturated rings. The molecule has 0 saturated heterocycles. The molecule has 0 aromatic heterocycles. The Morgan fingerprint density at radius 3 is 2.31 bits per heavy atom. The highest BCUT2D eigenvalue weighted by atomic mass is 35.5. The molecular weight excluding hydrogens is 452 g/mol. The number of halogens is 3. The number of anilines is 2. The lowest BCUT2D eigenvalue weighted by Gasteiger charge is -2.23. The number of benzene rings is 3. The minimum atomic E-state index is -0.389. The third-order valence-corrected chi connectivity index (χ3v) is 5.25. The second-order valence-corrected chi connectivity index (χ2v) is 8.00. The van der Waals surface area contributed by atoms with Crippen molar-refractivity contribution in [1.82, 2.24) is 5.32 Å². The maximum atomic E-state index is 13.4. The highest BCUT2D eigenvalue weighted by Gasteiger charge is 2.17. The Bertz CT molecular complexity index is 1090. The van der Waals surface area contributed by atoms with Gasteiger partial charge in [0.2, 0.25) is 0 Å². The molecule has 3 aromatic rings. The van der Waals surface area contributed by atoms with Crippen LogP contribution in [-0.4, -0.2) is 25.0 Å². The van der Waals surface area contributed by atoms with Gasteiger partial charge in [-0.15, -0.1) is 0 Å². The number of urea groups is 1. The van der Waals surface area contributed by atoms with Crippen LogP contribution in [0.25, 0.3) is 0 Å². The fourth-order valence-electron chi connectivity index (χ4n) is 3.00.